The van der Waals surface area contributed by atoms with E-state index in [0.29, 0.717) is 13.0 Å². The van der Waals surface area contributed by atoms with Crippen molar-refractivity contribution in [3.8, 4) is 0 Å². The highest BCUT2D eigenvalue weighted by Crippen LogP contribution is 2.25. The van der Waals surface area contributed by atoms with Crippen LogP contribution in [-0.4, -0.2) is 24.6 Å². The molecule has 1 atom stereocenters. The van der Waals surface area contributed by atoms with Gasteiger partial charge in [-0.05, 0) is 24.7 Å². The lowest BCUT2D eigenvalue weighted by atomic mass is 9.87. The van der Waals surface area contributed by atoms with Crippen molar-refractivity contribution in [2.45, 2.75) is 111 Å². The van der Waals surface area contributed by atoms with Crippen molar-refractivity contribution < 1.29 is 19.1 Å². The lowest BCUT2D eigenvalue weighted by molar-refractivity contribution is -0.155. The van der Waals surface area contributed by atoms with Gasteiger partial charge in [0, 0.05) is 12.8 Å². The first-order valence-corrected chi connectivity index (χ1v) is 10.2. The molecule has 4 nitrogen and oxygen atoms in total. The average Bonchev–Trinajstić information content (AvgIpc) is 2.54. The van der Waals surface area contributed by atoms with Gasteiger partial charge in [-0.2, -0.15) is 0 Å². The van der Waals surface area contributed by atoms with Crippen LogP contribution in [0.4, 0.5) is 0 Å². The Labute approximate surface area is 155 Å². The summed E-state index contributed by atoms with van der Waals surface area (Å²) in [4.78, 5) is 23.5. The van der Waals surface area contributed by atoms with Gasteiger partial charge in [0.15, 0.2) is 0 Å². The molecule has 0 aromatic carbocycles. The van der Waals surface area contributed by atoms with E-state index in [4.69, 9.17) is 9.47 Å². The highest BCUT2D eigenvalue weighted by atomic mass is 16.5. The number of unbranched alkanes of at least 4 members (excludes halogenated alkanes) is 6. The van der Waals surface area contributed by atoms with Crippen LogP contribution >= 0.6 is 0 Å². The van der Waals surface area contributed by atoms with Crippen LogP contribution in [0.3, 0.4) is 0 Å². The molecule has 0 aliphatic heterocycles. The Morgan fingerprint density at radius 2 is 1.36 bits per heavy atom. The molecular weight excluding hydrogens is 316 g/mol. The molecule has 0 radical (unpaired) electrons. The topological polar surface area (TPSA) is 52.6 Å². The molecule has 148 valence electrons. The Kier molecular flexibility index (Phi) is 13.5. The number of carbonyl (C=O) groups excluding carboxylic acids is 2. The quantitative estimate of drug-likeness (QED) is 0.291. The van der Waals surface area contributed by atoms with E-state index >= 15 is 0 Å². The molecule has 25 heavy (non-hydrogen) atoms. The number of hydrogen-bond donors (Lipinski definition) is 0. The SMILES string of the molecule is CCCCCCCCCOC(=O)CCCC(=O)OC(CC)C(C)(C)C. The minimum absolute atomic E-state index is 0.0557. The van der Waals surface area contributed by atoms with E-state index in [1.807, 2.05) is 6.92 Å². The van der Waals surface area contributed by atoms with E-state index in [9.17, 15) is 9.59 Å². The van der Waals surface area contributed by atoms with Gasteiger partial charge in [0.2, 0.25) is 0 Å². The molecule has 0 aliphatic carbocycles. The molecule has 0 bridgehead atoms. The average molecular weight is 357 g/mol. The fraction of sp³-hybridized carbons (Fsp3) is 0.905. The molecule has 0 amide bonds. The first-order valence-electron chi connectivity index (χ1n) is 10.2. The monoisotopic (exact) mass is 356 g/mol. The smallest absolute Gasteiger partial charge is 0.306 e. The van der Waals surface area contributed by atoms with E-state index in [2.05, 4.69) is 27.7 Å². The maximum Gasteiger partial charge on any atom is 0.306 e. The normalized spacial score (nSPS) is 12.7. The molecule has 0 aromatic heterocycles. The minimum atomic E-state index is -0.221. The largest absolute Gasteiger partial charge is 0.466 e. The van der Waals surface area contributed by atoms with Crippen molar-refractivity contribution >= 4 is 11.9 Å². The summed E-state index contributed by atoms with van der Waals surface area (Å²) in [7, 11) is 0. The predicted octanol–water partition coefficient (Wildman–Crippen LogP) is 5.82. The van der Waals surface area contributed by atoms with Gasteiger partial charge in [0.1, 0.15) is 6.10 Å². The molecule has 0 rings (SSSR count). The lowest BCUT2D eigenvalue weighted by Gasteiger charge is -2.29. The van der Waals surface area contributed by atoms with Crippen molar-refractivity contribution in [3.05, 3.63) is 0 Å². The van der Waals surface area contributed by atoms with E-state index in [0.717, 1.165) is 19.3 Å². The molecule has 0 N–H and O–H groups in total. The van der Waals surface area contributed by atoms with Gasteiger partial charge >= 0.3 is 11.9 Å². The fourth-order valence-electron chi connectivity index (χ4n) is 2.78. The van der Waals surface area contributed by atoms with Crippen LogP contribution in [0, 0.1) is 5.41 Å². The summed E-state index contributed by atoms with van der Waals surface area (Å²) in [6, 6.07) is 0. The molecule has 0 fully saturated rings. The van der Waals surface area contributed by atoms with Crippen molar-refractivity contribution in [1.82, 2.24) is 0 Å². The predicted molar refractivity (Wildman–Crippen MR) is 102 cm³/mol. The summed E-state index contributed by atoms with van der Waals surface area (Å²) in [6.45, 7) is 10.9. The van der Waals surface area contributed by atoms with Crippen LogP contribution in [0.5, 0.6) is 0 Å². The van der Waals surface area contributed by atoms with Gasteiger partial charge in [0.25, 0.3) is 0 Å². The van der Waals surface area contributed by atoms with E-state index in [-0.39, 0.29) is 36.3 Å². The summed E-state index contributed by atoms with van der Waals surface area (Å²) in [5.74, 6) is -0.427. The summed E-state index contributed by atoms with van der Waals surface area (Å²) in [5.41, 5.74) is -0.0557. The zero-order chi connectivity index (χ0) is 19.1. The molecule has 0 saturated heterocycles. The van der Waals surface area contributed by atoms with Crippen molar-refractivity contribution in [1.29, 1.82) is 0 Å². The third-order valence-corrected chi connectivity index (χ3v) is 4.38. The molecule has 1 unspecified atom stereocenters. The maximum absolute atomic E-state index is 11.9. The van der Waals surface area contributed by atoms with Crippen molar-refractivity contribution in [2.75, 3.05) is 6.61 Å². The van der Waals surface area contributed by atoms with Gasteiger partial charge < -0.3 is 9.47 Å². The summed E-state index contributed by atoms with van der Waals surface area (Å²) in [5, 5.41) is 0. The van der Waals surface area contributed by atoms with Crippen LogP contribution < -0.4 is 0 Å². The van der Waals surface area contributed by atoms with Crippen LogP contribution in [0.1, 0.15) is 105 Å². The summed E-state index contributed by atoms with van der Waals surface area (Å²) >= 11 is 0. The Bertz CT molecular complexity index is 357. The van der Waals surface area contributed by atoms with Gasteiger partial charge in [-0.3, -0.25) is 9.59 Å². The highest BCUT2D eigenvalue weighted by Gasteiger charge is 2.26. The van der Waals surface area contributed by atoms with Gasteiger partial charge in [-0.15, -0.1) is 0 Å². The summed E-state index contributed by atoms with van der Waals surface area (Å²) in [6.07, 6.45) is 10.2. The number of hydrogen-bond acceptors (Lipinski definition) is 4. The van der Waals surface area contributed by atoms with Gasteiger partial charge in [-0.25, -0.2) is 0 Å². The molecule has 0 heterocycles. The third kappa shape index (κ3) is 13.9. The number of rotatable bonds is 14. The Morgan fingerprint density at radius 1 is 0.800 bits per heavy atom. The third-order valence-electron chi connectivity index (χ3n) is 4.38. The maximum atomic E-state index is 11.9. The second kappa shape index (κ2) is 14.1. The fourth-order valence-corrected chi connectivity index (χ4v) is 2.78. The Balaban J connectivity index is 3.64. The van der Waals surface area contributed by atoms with Crippen LogP contribution in [0.2, 0.25) is 0 Å². The second-order valence-corrected chi connectivity index (χ2v) is 7.95. The molecule has 0 aliphatic rings. The first kappa shape index (κ1) is 23.9. The van der Waals surface area contributed by atoms with E-state index in [1.165, 1.54) is 32.1 Å². The van der Waals surface area contributed by atoms with Gasteiger partial charge in [0.05, 0.1) is 6.61 Å². The number of carbonyl (C=O) groups is 2. The van der Waals surface area contributed by atoms with E-state index in [1.54, 1.807) is 0 Å². The standard InChI is InChI=1S/C21H40O4/c1-6-8-9-10-11-12-13-17-24-19(22)15-14-16-20(23)25-18(7-2)21(3,4)5/h18H,6-17H2,1-5H3. The van der Waals surface area contributed by atoms with Crippen molar-refractivity contribution in [2.24, 2.45) is 5.41 Å². The zero-order valence-corrected chi connectivity index (χ0v) is 17.2. The van der Waals surface area contributed by atoms with Crippen molar-refractivity contribution in [3.63, 3.8) is 0 Å². The van der Waals surface area contributed by atoms with Gasteiger partial charge in [-0.1, -0.05) is 73.1 Å². The minimum Gasteiger partial charge on any atom is -0.466 e. The second-order valence-electron chi connectivity index (χ2n) is 7.95. The Morgan fingerprint density at radius 3 is 1.92 bits per heavy atom. The van der Waals surface area contributed by atoms with Crippen LogP contribution in [-0.2, 0) is 19.1 Å². The number of esters is 2. The first-order chi connectivity index (χ1) is 11.8. The molecule has 4 heteroatoms. The Hall–Kier alpha value is -1.06. The number of ether oxygens (including phenoxy) is 2. The zero-order valence-electron chi connectivity index (χ0n) is 17.2. The molecule has 0 saturated carbocycles. The summed E-state index contributed by atoms with van der Waals surface area (Å²) < 4.78 is 10.7. The van der Waals surface area contributed by atoms with E-state index < -0.39 is 0 Å². The van der Waals surface area contributed by atoms with Crippen LogP contribution in [0.15, 0.2) is 0 Å². The molecule has 0 aromatic rings. The molecular formula is C21H40O4. The molecule has 0 spiro atoms. The van der Waals surface area contributed by atoms with Crippen LogP contribution in [0.25, 0.3) is 0 Å². The lowest BCUT2D eigenvalue weighted by Crippen LogP contribution is -2.31. The highest BCUT2D eigenvalue weighted by molar-refractivity contribution is 5.72.